The molecule has 78 valence electrons. The number of hydrogen-bond donors (Lipinski definition) is 1. The van der Waals surface area contributed by atoms with E-state index in [0.29, 0.717) is 11.6 Å². The molecule has 4 heteroatoms. The van der Waals surface area contributed by atoms with Crippen LogP contribution in [0.4, 0.5) is 0 Å². The lowest BCUT2D eigenvalue weighted by atomic mass is 10.1. The number of ether oxygens (including phenoxy) is 1. The molecule has 0 atom stereocenters. The third-order valence-electron chi connectivity index (χ3n) is 1.94. The molecule has 0 aromatic heterocycles. The van der Waals surface area contributed by atoms with Gasteiger partial charge in [0.1, 0.15) is 5.75 Å². The highest BCUT2D eigenvalue weighted by molar-refractivity contribution is 6.32. The van der Waals surface area contributed by atoms with Crippen LogP contribution in [-0.2, 0) is 6.54 Å². The van der Waals surface area contributed by atoms with Gasteiger partial charge in [0.15, 0.2) is 0 Å². The molecular weight excluding hydrogens is 202 g/mol. The average molecular weight is 216 g/mol. The van der Waals surface area contributed by atoms with Gasteiger partial charge in [0.25, 0.3) is 0 Å². The second-order valence-corrected chi connectivity index (χ2v) is 3.61. The smallest absolute Gasteiger partial charge is 0.119 e. The minimum absolute atomic E-state index is 0.386. The Kier molecular flexibility index (Phi) is 3.75. The summed E-state index contributed by atoms with van der Waals surface area (Å²) in [6.45, 7) is 2.29. The van der Waals surface area contributed by atoms with E-state index in [4.69, 9.17) is 21.5 Å². The van der Waals surface area contributed by atoms with Crippen molar-refractivity contribution in [1.82, 2.24) is 5.06 Å². The largest absolute Gasteiger partial charge is 0.497 e. The third kappa shape index (κ3) is 2.61. The standard InChI is InChI=1S/C10H14ClNO2/c1-7-4-9(14-3)5-8(10(7)11)6-12(2)13/h4-5,13H,6H2,1-3H3. The first-order valence-electron chi connectivity index (χ1n) is 4.27. The van der Waals surface area contributed by atoms with Gasteiger partial charge in [0.05, 0.1) is 13.7 Å². The van der Waals surface area contributed by atoms with Crippen LogP contribution in [0.5, 0.6) is 5.75 Å². The van der Waals surface area contributed by atoms with Gasteiger partial charge in [-0.1, -0.05) is 11.6 Å². The molecular formula is C10H14ClNO2. The highest BCUT2D eigenvalue weighted by Gasteiger charge is 2.07. The zero-order valence-electron chi connectivity index (χ0n) is 8.54. The number of hydroxylamine groups is 2. The van der Waals surface area contributed by atoms with Crippen LogP contribution >= 0.6 is 11.6 Å². The summed E-state index contributed by atoms with van der Waals surface area (Å²) in [5.41, 5.74) is 1.80. The van der Waals surface area contributed by atoms with Crippen LogP contribution in [0.25, 0.3) is 0 Å². The van der Waals surface area contributed by atoms with Crippen molar-refractivity contribution < 1.29 is 9.94 Å². The molecule has 0 saturated heterocycles. The number of benzene rings is 1. The van der Waals surface area contributed by atoms with Crippen molar-refractivity contribution in [2.75, 3.05) is 14.2 Å². The normalized spacial score (nSPS) is 10.7. The van der Waals surface area contributed by atoms with E-state index in [2.05, 4.69) is 0 Å². The molecule has 1 aromatic carbocycles. The Hall–Kier alpha value is -0.770. The van der Waals surface area contributed by atoms with Gasteiger partial charge in [-0.05, 0) is 30.2 Å². The van der Waals surface area contributed by atoms with E-state index in [0.717, 1.165) is 21.9 Å². The van der Waals surface area contributed by atoms with E-state index in [9.17, 15) is 0 Å². The fraction of sp³-hybridized carbons (Fsp3) is 0.400. The van der Waals surface area contributed by atoms with E-state index in [1.54, 1.807) is 14.2 Å². The van der Waals surface area contributed by atoms with Crippen molar-refractivity contribution in [3.8, 4) is 5.75 Å². The number of rotatable bonds is 3. The fourth-order valence-corrected chi connectivity index (χ4v) is 1.46. The summed E-state index contributed by atoms with van der Waals surface area (Å²) in [7, 11) is 3.18. The van der Waals surface area contributed by atoms with Crippen LogP contribution in [0.2, 0.25) is 5.02 Å². The summed E-state index contributed by atoms with van der Waals surface area (Å²) >= 11 is 6.07. The van der Waals surface area contributed by atoms with Gasteiger partial charge < -0.3 is 9.94 Å². The van der Waals surface area contributed by atoms with Gasteiger partial charge in [0.2, 0.25) is 0 Å². The summed E-state index contributed by atoms with van der Waals surface area (Å²) in [4.78, 5) is 0. The molecule has 0 heterocycles. The predicted molar refractivity (Wildman–Crippen MR) is 56.0 cm³/mol. The van der Waals surface area contributed by atoms with Gasteiger partial charge in [0, 0.05) is 12.1 Å². The number of aryl methyl sites for hydroxylation is 1. The number of halogens is 1. The van der Waals surface area contributed by atoms with Crippen LogP contribution in [0.1, 0.15) is 11.1 Å². The summed E-state index contributed by atoms with van der Waals surface area (Å²) in [6, 6.07) is 3.69. The van der Waals surface area contributed by atoms with Crippen molar-refractivity contribution in [2.45, 2.75) is 13.5 Å². The molecule has 0 unspecified atom stereocenters. The van der Waals surface area contributed by atoms with Gasteiger partial charge >= 0.3 is 0 Å². The quantitative estimate of drug-likeness (QED) is 0.787. The molecule has 14 heavy (non-hydrogen) atoms. The van der Waals surface area contributed by atoms with Gasteiger partial charge in [-0.15, -0.1) is 0 Å². The molecule has 0 aliphatic rings. The number of nitrogens with zero attached hydrogens (tertiary/aromatic N) is 1. The molecule has 0 aliphatic carbocycles. The van der Waals surface area contributed by atoms with Crippen molar-refractivity contribution in [3.05, 3.63) is 28.3 Å². The summed E-state index contributed by atoms with van der Waals surface area (Å²) < 4.78 is 5.11. The molecule has 0 saturated carbocycles. The van der Waals surface area contributed by atoms with Crippen molar-refractivity contribution in [1.29, 1.82) is 0 Å². The first kappa shape index (κ1) is 11.3. The lowest BCUT2D eigenvalue weighted by Crippen LogP contribution is -2.12. The molecule has 1 rings (SSSR count). The molecule has 1 aromatic rings. The SMILES string of the molecule is COc1cc(C)c(Cl)c(CN(C)O)c1. The van der Waals surface area contributed by atoms with Crippen molar-refractivity contribution in [3.63, 3.8) is 0 Å². The maximum atomic E-state index is 9.12. The minimum Gasteiger partial charge on any atom is -0.497 e. The van der Waals surface area contributed by atoms with Crippen molar-refractivity contribution in [2.24, 2.45) is 0 Å². The lowest BCUT2D eigenvalue weighted by Gasteiger charge is -2.13. The first-order valence-corrected chi connectivity index (χ1v) is 4.65. The number of methoxy groups -OCH3 is 1. The Morgan fingerprint density at radius 2 is 2.14 bits per heavy atom. The third-order valence-corrected chi connectivity index (χ3v) is 2.48. The summed E-state index contributed by atoms with van der Waals surface area (Å²) in [6.07, 6.45) is 0. The Morgan fingerprint density at radius 3 is 2.64 bits per heavy atom. The molecule has 3 nitrogen and oxygen atoms in total. The highest BCUT2D eigenvalue weighted by Crippen LogP contribution is 2.27. The molecule has 1 N–H and O–H groups in total. The van der Waals surface area contributed by atoms with Crippen LogP contribution in [0.3, 0.4) is 0 Å². The van der Waals surface area contributed by atoms with Crippen LogP contribution in [0.15, 0.2) is 12.1 Å². The van der Waals surface area contributed by atoms with E-state index in [1.165, 1.54) is 0 Å². The van der Waals surface area contributed by atoms with E-state index in [1.807, 2.05) is 19.1 Å². The van der Waals surface area contributed by atoms with Crippen LogP contribution in [-0.4, -0.2) is 24.4 Å². The van der Waals surface area contributed by atoms with E-state index in [-0.39, 0.29) is 0 Å². The Bertz CT molecular complexity index is 326. The molecule has 0 fully saturated rings. The predicted octanol–water partition coefficient (Wildman–Crippen LogP) is 2.48. The van der Waals surface area contributed by atoms with Gasteiger partial charge in [-0.2, -0.15) is 5.06 Å². The first-order chi connectivity index (χ1) is 6.54. The molecule has 0 bridgehead atoms. The molecule has 0 radical (unpaired) electrons. The molecule has 0 spiro atoms. The van der Waals surface area contributed by atoms with E-state index >= 15 is 0 Å². The zero-order valence-corrected chi connectivity index (χ0v) is 9.30. The van der Waals surface area contributed by atoms with Gasteiger partial charge in [-0.3, -0.25) is 0 Å². The van der Waals surface area contributed by atoms with Crippen LogP contribution in [0, 0.1) is 6.92 Å². The Balaban J connectivity index is 3.07. The van der Waals surface area contributed by atoms with Crippen LogP contribution < -0.4 is 4.74 Å². The Labute approximate surface area is 88.8 Å². The summed E-state index contributed by atoms with van der Waals surface area (Å²) in [5, 5.41) is 10.9. The average Bonchev–Trinajstić information content (AvgIpc) is 2.11. The maximum Gasteiger partial charge on any atom is 0.119 e. The van der Waals surface area contributed by atoms with Gasteiger partial charge in [-0.25, -0.2) is 0 Å². The van der Waals surface area contributed by atoms with Crippen molar-refractivity contribution >= 4 is 11.6 Å². The minimum atomic E-state index is 0.386. The summed E-state index contributed by atoms with van der Waals surface area (Å²) in [5.74, 6) is 0.753. The fourth-order valence-electron chi connectivity index (χ4n) is 1.29. The molecule has 0 amide bonds. The number of hydrogen-bond acceptors (Lipinski definition) is 3. The second-order valence-electron chi connectivity index (χ2n) is 3.23. The van der Waals surface area contributed by atoms with E-state index < -0.39 is 0 Å². The monoisotopic (exact) mass is 215 g/mol. The second kappa shape index (κ2) is 4.64. The highest BCUT2D eigenvalue weighted by atomic mass is 35.5. The Morgan fingerprint density at radius 1 is 1.50 bits per heavy atom. The molecule has 0 aliphatic heterocycles. The zero-order chi connectivity index (χ0) is 10.7. The maximum absolute atomic E-state index is 9.12. The lowest BCUT2D eigenvalue weighted by molar-refractivity contribution is -0.0731. The topological polar surface area (TPSA) is 32.7 Å².